The van der Waals surface area contributed by atoms with Crippen molar-refractivity contribution in [3.05, 3.63) is 58.1 Å². The van der Waals surface area contributed by atoms with Crippen molar-refractivity contribution < 1.29 is 27.9 Å². The van der Waals surface area contributed by atoms with E-state index in [1.807, 2.05) is 25.1 Å². The number of amides is 2. The molecule has 0 unspecified atom stereocenters. The molecular weight excluding hydrogens is 638 g/mol. The summed E-state index contributed by atoms with van der Waals surface area (Å²) in [5, 5.41) is 12.4. The minimum atomic E-state index is -3.98. The van der Waals surface area contributed by atoms with Crippen LogP contribution in [0, 0.1) is 23.7 Å². The summed E-state index contributed by atoms with van der Waals surface area (Å²) in [6.45, 7) is 5.78. The van der Waals surface area contributed by atoms with Crippen LogP contribution in [0.4, 0.5) is 5.69 Å². The predicted octanol–water partition coefficient (Wildman–Crippen LogP) is 5.57. The number of ether oxygens (including phenoxy) is 1. The second-order valence-corrected chi connectivity index (χ2v) is 16.8. The molecule has 0 radical (unpaired) electrons. The molecule has 9 nitrogen and oxygen atoms in total. The highest BCUT2D eigenvalue weighted by atomic mass is 35.5. The van der Waals surface area contributed by atoms with Crippen LogP contribution in [-0.2, 0) is 27.8 Å². The summed E-state index contributed by atoms with van der Waals surface area (Å²) < 4.78 is 35.6. The molecule has 6 atom stereocenters. The number of hydrogen-bond acceptors (Lipinski definition) is 7. The highest BCUT2D eigenvalue weighted by molar-refractivity contribution is 7.90. The number of aliphatic hydroxyl groups is 1. The number of fused-ring (bicyclic) bond motifs is 3. The molecule has 1 saturated carbocycles. The normalized spacial score (nSPS) is 31.8. The molecule has 2 aromatic carbocycles. The van der Waals surface area contributed by atoms with Gasteiger partial charge in [0.1, 0.15) is 12.4 Å². The highest BCUT2D eigenvalue weighted by Gasteiger charge is 2.55. The monoisotopic (exact) mass is 685 g/mol. The number of aryl methyl sites for hydroxylation is 1. The van der Waals surface area contributed by atoms with Gasteiger partial charge in [-0.2, -0.15) is 0 Å². The standard InChI is InChI=1S/C36H48ClN3O6S/c1-23-7-6-16-36(43,31-15-18-39(3)35(31)42)30-13-10-27(30)21-40-17-5-4-8-25-19-29(37)12-9-28(25)22-46-33-14-11-26(20-32(33)40)34(41)38-47(44,45)24(23)2/h9,11-12,14,19-20,23-24,27,30-31,43H,4-8,10,13,15-18,21-22H2,1-3H3,(H,38,41)/t23-,24+,27-,30+,31-,36+/m0/s1. The van der Waals surface area contributed by atoms with Crippen LogP contribution in [0.25, 0.3) is 0 Å². The quantitative estimate of drug-likeness (QED) is 0.404. The van der Waals surface area contributed by atoms with Crippen molar-refractivity contribution in [1.82, 2.24) is 9.62 Å². The van der Waals surface area contributed by atoms with E-state index < -0.39 is 32.7 Å². The third kappa shape index (κ3) is 6.88. The molecule has 2 N–H and O–H groups in total. The van der Waals surface area contributed by atoms with Gasteiger partial charge >= 0.3 is 0 Å². The number of anilines is 1. The van der Waals surface area contributed by atoms with Gasteiger partial charge in [0.25, 0.3) is 5.91 Å². The minimum absolute atomic E-state index is 0.00225. The van der Waals surface area contributed by atoms with Crippen molar-refractivity contribution in [3.63, 3.8) is 0 Å². The lowest BCUT2D eigenvalue weighted by molar-refractivity contribution is -0.154. The van der Waals surface area contributed by atoms with Crippen LogP contribution >= 0.6 is 11.6 Å². The lowest BCUT2D eigenvalue weighted by Gasteiger charge is -2.51. The Morgan fingerprint density at radius 3 is 2.51 bits per heavy atom. The Balaban J connectivity index is 1.41. The summed E-state index contributed by atoms with van der Waals surface area (Å²) in [4.78, 5) is 30.8. The zero-order chi connectivity index (χ0) is 33.5. The van der Waals surface area contributed by atoms with Gasteiger partial charge in [0, 0.05) is 37.3 Å². The molecule has 0 aromatic heterocycles. The van der Waals surface area contributed by atoms with Crippen LogP contribution in [0.15, 0.2) is 36.4 Å². The smallest absolute Gasteiger partial charge is 0.264 e. The fraction of sp³-hybridized carbons (Fsp3) is 0.611. The van der Waals surface area contributed by atoms with Gasteiger partial charge in [0.2, 0.25) is 15.9 Å². The van der Waals surface area contributed by atoms with Crippen molar-refractivity contribution in [2.75, 3.05) is 31.6 Å². The fourth-order valence-corrected chi connectivity index (χ4v) is 9.75. The Bertz CT molecular complexity index is 1620. The van der Waals surface area contributed by atoms with Gasteiger partial charge in [-0.3, -0.25) is 9.59 Å². The number of nitrogens with one attached hydrogen (secondary N) is 1. The van der Waals surface area contributed by atoms with Crippen molar-refractivity contribution in [2.24, 2.45) is 23.7 Å². The molecule has 3 heterocycles. The second-order valence-electron chi connectivity index (χ2n) is 14.4. The van der Waals surface area contributed by atoms with Crippen LogP contribution in [0.5, 0.6) is 5.75 Å². The maximum atomic E-state index is 13.5. The number of carbonyl (C=O) groups excluding carboxylic acids is 2. The van der Waals surface area contributed by atoms with E-state index >= 15 is 0 Å². The van der Waals surface area contributed by atoms with Crippen LogP contribution in [0.2, 0.25) is 5.02 Å². The van der Waals surface area contributed by atoms with Gasteiger partial charge in [0.15, 0.2) is 0 Å². The first-order valence-electron chi connectivity index (χ1n) is 17.2. The highest BCUT2D eigenvalue weighted by Crippen LogP contribution is 2.51. The third-order valence-corrected chi connectivity index (χ3v) is 13.7. The summed E-state index contributed by atoms with van der Waals surface area (Å²) in [6, 6.07) is 11.0. The molecule has 2 fully saturated rings. The molecular formula is C36H48ClN3O6S. The van der Waals surface area contributed by atoms with Gasteiger partial charge in [-0.15, -0.1) is 0 Å². The molecule has 2 bridgehead atoms. The minimum Gasteiger partial charge on any atom is -0.487 e. The van der Waals surface area contributed by atoms with E-state index in [0.717, 1.165) is 48.9 Å². The number of sulfonamides is 1. The SMILES string of the molecule is C[C@@H]1[C@@H](C)CCC[C@](O)([C@H]2CCN(C)C2=O)[C@@H]2CC[C@H]2CN2CCCCc3cc(Cl)ccc3COc3ccc(cc32)C(=O)NS1(=O)=O. The molecule has 0 spiro atoms. The van der Waals surface area contributed by atoms with Crippen LogP contribution in [0.1, 0.15) is 86.7 Å². The Hall–Kier alpha value is -2.82. The first kappa shape index (κ1) is 34.1. The summed E-state index contributed by atoms with van der Waals surface area (Å²) in [7, 11) is -2.18. The van der Waals surface area contributed by atoms with E-state index in [2.05, 4.69) is 9.62 Å². The summed E-state index contributed by atoms with van der Waals surface area (Å²) in [5.41, 5.74) is 2.00. The van der Waals surface area contributed by atoms with Crippen molar-refractivity contribution in [1.29, 1.82) is 0 Å². The number of likely N-dealkylation sites (tertiary alicyclic amines) is 1. The van der Waals surface area contributed by atoms with Crippen molar-refractivity contribution in [2.45, 2.75) is 89.1 Å². The van der Waals surface area contributed by atoms with Gasteiger partial charge in [-0.05, 0) is 118 Å². The summed E-state index contributed by atoms with van der Waals surface area (Å²) in [5.74, 6) is -0.696. The maximum Gasteiger partial charge on any atom is 0.264 e. The fourth-order valence-electron chi connectivity index (χ4n) is 8.24. The van der Waals surface area contributed by atoms with E-state index in [9.17, 15) is 23.1 Å². The predicted molar refractivity (Wildman–Crippen MR) is 183 cm³/mol. The summed E-state index contributed by atoms with van der Waals surface area (Å²) in [6.07, 6.45) is 6.64. The number of halogens is 1. The molecule has 2 aromatic rings. The Labute approximate surface area is 284 Å². The maximum absolute atomic E-state index is 13.5. The van der Waals surface area contributed by atoms with Gasteiger partial charge in [0.05, 0.1) is 22.5 Å². The van der Waals surface area contributed by atoms with E-state index in [1.54, 1.807) is 37.1 Å². The van der Waals surface area contributed by atoms with Gasteiger partial charge in [-0.1, -0.05) is 31.0 Å². The average Bonchev–Trinajstić information content (AvgIpc) is 3.35. The third-order valence-electron chi connectivity index (χ3n) is 11.5. The van der Waals surface area contributed by atoms with Crippen LogP contribution < -0.4 is 14.4 Å². The molecule has 3 aliphatic heterocycles. The zero-order valence-electron chi connectivity index (χ0n) is 27.7. The molecule has 256 valence electrons. The van der Waals surface area contributed by atoms with Crippen molar-refractivity contribution >= 4 is 39.1 Å². The Kier molecular flexibility index (Phi) is 9.85. The van der Waals surface area contributed by atoms with E-state index in [4.69, 9.17) is 16.3 Å². The molecule has 4 aliphatic rings. The molecule has 11 heteroatoms. The van der Waals surface area contributed by atoms with E-state index in [0.29, 0.717) is 62.7 Å². The topological polar surface area (TPSA) is 116 Å². The molecule has 1 saturated heterocycles. The van der Waals surface area contributed by atoms with Gasteiger partial charge < -0.3 is 19.6 Å². The summed E-state index contributed by atoms with van der Waals surface area (Å²) >= 11 is 6.35. The Morgan fingerprint density at radius 2 is 1.79 bits per heavy atom. The first-order chi connectivity index (χ1) is 22.4. The number of hydrogen-bond donors (Lipinski definition) is 2. The van der Waals surface area contributed by atoms with Crippen LogP contribution in [-0.4, -0.2) is 67.8 Å². The van der Waals surface area contributed by atoms with E-state index in [-0.39, 0.29) is 29.2 Å². The number of nitrogens with zero attached hydrogens (tertiary/aromatic N) is 2. The number of benzene rings is 2. The zero-order valence-corrected chi connectivity index (χ0v) is 29.3. The van der Waals surface area contributed by atoms with Gasteiger partial charge in [-0.25, -0.2) is 13.1 Å². The van der Waals surface area contributed by atoms with E-state index in [1.165, 1.54) is 0 Å². The lowest BCUT2D eigenvalue weighted by atomic mass is 9.59. The molecule has 6 rings (SSSR count). The first-order valence-corrected chi connectivity index (χ1v) is 19.1. The molecule has 2 amide bonds. The average molecular weight is 686 g/mol. The molecule has 1 aliphatic carbocycles. The Morgan fingerprint density at radius 1 is 0.979 bits per heavy atom. The van der Waals surface area contributed by atoms with Crippen molar-refractivity contribution in [3.8, 4) is 5.75 Å². The van der Waals surface area contributed by atoms with Crippen LogP contribution in [0.3, 0.4) is 0 Å². The number of carbonyl (C=O) groups is 2. The largest absolute Gasteiger partial charge is 0.487 e. The second kappa shape index (κ2) is 13.6. The lowest BCUT2D eigenvalue weighted by Crippen LogP contribution is -2.56. The number of rotatable bonds is 1. The molecule has 47 heavy (non-hydrogen) atoms.